The first-order chi connectivity index (χ1) is 11.2. The maximum Gasteiger partial charge on any atom is 0.232 e. The Morgan fingerprint density at radius 1 is 1.26 bits per heavy atom. The van der Waals surface area contributed by atoms with Gasteiger partial charge in [-0.15, -0.1) is 22.7 Å². The Morgan fingerprint density at radius 3 is 2.83 bits per heavy atom. The minimum Gasteiger partial charge on any atom is -0.486 e. The van der Waals surface area contributed by atoms with Crippen LogP contribution in [0.25, 0.3) is 0 Å². The van der Waals surface area contributed by atoms with Crippen molar-refractivity contribution in [1.29, 1.82) is 0 Å². The van der Waals surface area contributed by atoms with Crippen LogP contribution in [0.1, 0.15) is 16.3 Å². The van der Waals surface area contributed by atoms with Crippen LogP contribution >= 0.6 is 22.7 Å². The van der Waals surface area contributed by atoms with Crippen molar-refractivity contribution in [3.05, 3.63) is 57.5 Å². The number of nitrogens with zero attached hydrogens (tertiary/aromatic N) is 2. The summed E-state index contributed by atoms with van der Waals surface area (Å²) < 4.78 is 5.69. The zero-order valence-corrected chi connectivity index (χ0v) is 14.1. The van der Waals surface area contributed by atoms with Gasteiger partial charge < -0.3 is 10.1 Å². The molecule has 7 heteroatoms. The highest BCUT2D eigenvalue weighted by Gasteiger charge is 2.09. The molecule has 3 rings (SSSR count). The molecule has 0 saturated carbocycles. The molecule has 0 atom stereocenters. The molecule has 118 valence electrons. The van der Waals surface area contributed by atoms with Crippen LogP contribution < -0.4 is 10.1 Å². The van der Waals surface area contributed by atoms with Crippen LogP contribution in [-0.4, -0.2) is 15.9 Å². The molecule has 0 unspecified atom stereocenters. The van der Waals surface area contributed by atoms with E-state index in [0.717, 1.165) is 16.5 Å². The van der Waals surface area contributed by atoms with Crippen LogP contribution in [0, 0.1) is 6.92 Å². The monoisotopic (exact) mass is 345 g/mol. The maximum atomic E-state index is 11.9. The van der Waals surface area contributed by atoms with Gasteiger partial charge in [0.15, 0.2) is 5.13 Å². The molecule has 3 aromatic rings. The second kappa shape index (κ2) is 7.34. The first-order valence-corrected chi connectivity index (χ1v) is 8.77. The summed E-state index contributed by atoms with van der Waals surface area (Å²) in [5.41, 5.74) is 1.94. The molecule has 0 radical (unpaired) electrons. The predicted octanol–water partition coefficient (Wildman–Crippen LogP) is 3.67. The Balaban J connectivity index is 1.51. The summed E-state index contributed by atoms with van der Waals surface area (Å²) >= 11 is 2.89. The zero-order chi connectivity index (χ0) is 16.1. The Kier molecular flexibility index (Phi) is 4.99. The van der Waals surface area contributed by atoms with E-state index in [4.69, 9.17) is 4.74 Å². The van der Waals surface area contributed by atoms with Crippen molar-refractivity contribution in [1.82, 2.24) is 9.97 Å². The Labute approximate surface area is 142 Å². The van der Waals surface area contributed by atoms with Gasteiger partial charge in [-0.3, -0.25) is 4.79 Å². The molecule has 0 saturated heterocycles. The van der Waals surface area contributed by atoms with E-state index in [1.165, 1.54) is 28.2 Å². The Morgan fingerprint density at radius 2 is 2.09 bits per heavy atom. The zero-order valence-electron chi connectivity index (χ0n) is 12.5. The number of aromatic nitrogens is 2. The van der Waals surface area contributed by atoms with Crippen molar-refractivity contribution in [2.45, 2.75) is 20.0 Å². The lowest BCUT2D eigenvalue weighted by molar-refractivity contribution is -0.115. The number of ether oxygens (including phenoxy) is 1. The normalized spacial score (nSPS) is 10.5. The summed E-state index contributed by atoms with van der Waals surface area (Å²) in [6, 6.07) is 7.88. The summed E-state index contributed by atoms with van der Waals surface area (Å²) in [6.45, 7) is 2.44. The third-order valence-electron chi connectivity index (χ3n) is 3.00. The highest BCUT2D eigenvalue weighted by Crippen LogP contribution is 2.17. The minimum atomic E-state index is -0.115. The van der Waals surface area contributed by atoms with E-state index in [2.05, 4.69) is 15.3 Å². The molecule has 0 aliphatic carbocycles. The van der Waals surface area contributed by atoms with Gasteiger partial charge in [-0.2, -0.15) is 0 Å². The van der Waals surface area contributed by atoms with Crippen LogP contribution in [0.15, 0.2) is 41.2 Å². The molecular formula is C16H15N3O2S2. The fourth-order valence-corrected chi connectivity index (χ4v) is 3.14. The summed E-state index contributed by atoms with van der Waals surface area (Å²) in [4.78, 5) is 20.3. The van der Waals surface area contributed by atoms with E-state index in [1.807, 2.05) is 41.9 Å². The van der Waals surface area contributed by atoms with Crippen molar-refractivity contribution < 1.29 is 9.53 Å². The third kappa shape index (κ3) is 4.61. The van der Waals surface area contributed by atoms with Crippen molar-refractivity contribution in [2.75, 3.05) is 5.32 Å². The molecule has 0 fully saturated rings. The number of hydrogen-bond donors (Lipinski definition) is 1. The molecule has 0 aliphatic rings. The van der Waals surface area contributed by atoms with E-state index < -0.39 is 0 Å². The quantitative estimate of drug-likeness (QED) is 0.740. The summed E-state index contributed by atoms with van der Waals surface area (Å²) in [5, 5.41) is 7.90. The average Bonchev–Trinajstić information content (AvgIpc) is 3.19. The van der Waals surface area contributed by atoms with Gasteiger partial charge in [-0.25, -0.2) is 9.97 Å². The number of nitrogens with one attached hydrogen (secondary N) is 1. The number of anilines is 1. The molecule has 1 N–H and O–H groups in total. The third-order valence-corrected chi connectivity index (χ3v) is 4.56. The number of hydrogen-bond acceptors (Lipinski definition) is 6. The van der Waals surface area contributed by atoms with Gasteiger partial charge >= 0.3 is 0 Å². The van der Waals surface area contributed by atoms with Crippen molar-refractivity contribution in [3.63, 3.8) is 0 Å². The summed E-state index contributed by atoms with van der Waals surface area (Å²) in [6.07, 6.45) is 1.89. The smallest absolute Gasteiger partial charge is 0.232 e. The largest absolute Gasteiger partial charge is 0.486 e. The van der Waals surface area contributed by atoms with E-state index in [1.54, 1.807) is 6.20 Å². The van der Waals surface area contributed by atoms with Gasteiger partial charge in [-0.1, -0.05) is 17.7 Å². The molecule has 0 aliphatic heterocycles. The standard InChI is InChI=1S/C16H15N3O2S2/c1-11-2-4-13(5-3-11)21-9-15-18-12(10-23-15)8-14(20)19-16-17-6-7-22-16/h2-7,10H,8-9H2,1H3,(H,17,19,20). The fourth-order valence-electron chi connectivity index (χ4n) is 1.89. The van der Waals surface area contributed by atoms with Crippen molar-refractivity contribution in [3.8, 4) is 5.75 Å². The van der Waals surface area contributed by atoms with Crippen molar-refractivity contribution in [2.24, 2.45) is 0 Å². The van der Waals surface area contributed by atoms with Gasteiger partial charge in [0.2, 0.25) is 5.91 Å². The molecule has 2 aromatic heterocycles. The molecule has 0 spiro atoms. The number of carbonyl (C=O) groups excluding carboxylic acids is 1. The molecule has 5 nitrogen and oxygen atoms in total. The van der Waals surface area contributed by atoms with E-state index in [9.17, 15) is 4.79 Å². The molecule has 1 aromatic carbocycles. The van der Waals surface area contributed by atoms with Crippen LogP contribution in [0.3, 0.4) is 0 Å². The predicted molar refractivity (Wildman–Crippen MR) is 92.1 cm³/mol. The average molecular weight is 345 g/mol. The molecule has 1 amide bonds. The molecule has 0 bridgehead atoms. The number of thiazole rings is 2. The number of carbonyl (C=O) groups is 1. The Bertz CT molecular complexity index is 767. The van der Waals surface area contributed by atoms with Gasteiger partial charge in [0.05, 0.1) is 12.1 Å². The molecule has 23 heavy (non-hydrogen) atoms. The van der Waals surface area contributed by atoms with E-state index >= 15 is 0 Å². The van der Waals surface area contributed by atoms with Crippen molar-refractivity contribution >= 4 is 33.7 Å². The minimum absolute atomic E-state index is 0.115. The number of amides is 1. The highest BCUT2D eigenvalue weighted by molar-refractivity contribution is 7.13. The topological polar surface area (TPSA) is 64.1 Å². The van der Waals surface area contributed by atoms with E-state index in [-0.39, 0.29) is 12.3 Å². The second-order valence-electron chi connectivity index (χ2n) is 4.90. The fraction of sp³-hybridized carbons (Fsp3) is 0.188. The first kappa shape index (κ1) is 15.6. The van der Waals surface area contributed by atoms with Gasteiger partial charge in [0.1, 0.15) is 17.4 Å². The van der Waals surface area contributed by atoms with Gasteiger partial charge in [-0.05, 0) is 19.1 Å². The van der Waals surface area contributed by atoms with Gasteiger partial charge in [0.25, 0.3) is 0 Å². The summed E-state index contributed by atoms with van der Waals surface area (Å²) in [7, 11) is 0. The number of benzene rings is 1. The maximum absolute atomic E-state index is 11.9. The summed E-state index contributed by atoms with van der Waals surface area (Å²) in [5.74, 6) is 0.699. The number of aryl methyl sites for hydroxylation is 1. The van der Waals surface area contributed by atoms with Crippen LogP contribution in [0.2, 0.25) is 0 Å². The van der Waals surface area contributed by atoms with Crippen LogP contribution in [0.5, 0.6) is 5.75 Å². The number of rotatable bonds is 6. The SMILES string of the molecule is Cc1ccc(OCc2nc(CC(=O)Nc3nccs3)cs2)cc1. The molecule has 2 heterocycles. The Hall–Kier alpha value is -2.25. The lowest BCUT2D eigenvalue weighted by atomic mass is 10.2. The molecular weight excluding hydrogens is 330 g/mol. The van der Waals surface area contributed by atoms with Crippen LogP contribution in [-0.2, 0) is 17.8 Å². The second-order valence-corrected chi connectivity index (χ2v) is 6.73. The first-order valence-electron chi connectivity index (χ1n) is 7.01. The van der Waals surface area contributed by atoms with Crippen LogP contribution in [0.4, 0.5) is 5.13 Å². The van der Waals surface area contributed by atoms with E-state index in [0.29, 0.717) is 11.7 Å². The van der Waals surface area contributed by atoms with Gasteiger partial charge in [0, 0.05) is 17.0 Å². The lowest BCUT2D eigenvalue weighted by Crippen LogP contribution is -2.14. The lowest BCUT2D eigenvalue weighted by Gasteiger charge is -2.03. The highest BCUT2D eigenvalue weighted by atomic mass is 32.1.